The summed E-state index contributed by atoms with van der Waals surface area (Å²) in [5.41, 5.74) is -0.138. The summed E-state index contributed by atoms with van der Waals surface area (Å²) in [6, 6.07) is 0. The van der Waals surface area contributed by atoms with Crippen molar-refractivity contribution in [1.82, 2.24) is 0 Å². The van der Waals surface area contributed by atoms with Crippen LogP contribution in [0.5, 0.6) is 0 Å². The Morgan fingerprint density at radius 2 is 2.09 bits per heavy atom. The molecular formula is C18H24O4. The summed E-state index contributed by atoms with van der Waals surface area (Å²) in [7, 11) is 1.40. The molecule has 4 aliphatic carbocycles. The van der Waals surface area contributed by atoms with E-state index in [0.717, 1.165) is 12.8 Å². The molecule has 4 rings (SSSR count). The lowest BCUT2D eigenvalue weighted by Crippen LogP contribution is -2.61. The molecule has 0 aromatic rings. The van der Waals surface area contributed by atoms with Gasteiger partial charge in [0.15, 0.2) is 5.78 Å². The number of ether oxygens (including phenoxy) is 2. The first kappa shape index (κ1) is 15.5. The van der Waals surface area contributed by atoms with Crippen LogP contribution in [0.2, 0.25) is 0 Å². The number of carbonyl (C=O) groups is 2. The molecule has 4 atom stereocenters. The first-order chi connectivity index (χ1) is 10.4. The minimum atomic E-state index is -0.716. The molecule has 1 fully saturated rings. The van der Waals surface area contributed by atoms with Crippen molar-refractivity contribution in [3.8, 4) is 0 Å². The molecule has 0 aromatic carbocycles. The average Bonchev–Trinajstić information content (AvgIpc) is 2.51. The lowest BCUT2D eigenvalue weighted by atomic mass is 9.46. The van der Waals surface area contributed by atoms with Gasteiger partial charge in [0.25, 0.3) is 0 Å². The molecule has 4 nitrogen and oxygen atoms in total. The number of ketones is 1. The third-order valence-corrected chi connectivity index (χ3v) is 5.74. The Hall–Kier alpha value is -1.42. The van der Waals surface area contributed by atoms with E-state index >= 15 is 0 Å². The van der Waals surface area contributed by atoms with Gasteiger partial charge < -0.3 is 9.47 Å². The molecule has 0 amide bonds. The van der Waals surface area contributed by atoms with Crippen molar-refractivity contribution >= 4 is 11.8 Å². The van der Waals surface area contributed by atoms with Crippen molar-refractivity contribution in [2.75, 3.05) is 13.7 Å². The highest BCUT2D eigenvalue weighted by Crippen LogP contribution is 2.61. The first-order valence-corrected chi connectivity index (χ1v) is 8.03. The number of hydrogen-bond donors (Lipinski definition) is 0. The van der Waals surface area contributed by atoms with Crippen LogP contribution in [0.25, 0.3) is 0 Å². The molecule has 4 aliphatic rings. The Balaban J connectivity index is 2.16. The van der Waals surface area contributed by atoms with Gasteiger partial charge in [-0.05, 0) is 43.1 Å². The van der Waals surface area contributed by atoms with Crippen LogP contribution in [0.1, 0.15) is 33.6 Å². The number of carbonyl (C=O) groups excluding carboxylic acids is 2. The molecule has 0 N–H and O–H groups in total. The maximum atomic E-state index is 12.9. The van der Waals surface area contributed by atoms with Gasteiger partial charge in [-0.25, -0.2) is 4.79 Å². The van der Waals surface area contributed by atoms with Gasteiger partial charge in [0, 0.05) is 12.2 Å². The second-order valence-corrected chi connectivity index (χ2v) is 7.21. The Morgan fingerprint density at radius 1 is 1.36 bits per heavy atom. The summed E-state index contributed by atoms with van der Waals surface area (Å²) < 4.78 is 10.9. The van der Waals surface area contributed by atoms with E-state index in [-0.39, 0.29) is 35.1 Å². The molecule has 1 spiro atoms. The van der Waals surface area contributed by atoms with Crippen LogP contribution >= 0.6 is 0 Å². The maximum Gasteiger partial charge on any atom is 0.333 e. The number of rotatable bonds is 3. The van der Waals surface area contributed by atoms with Crippen molar-refractivity contribution < 1.29 is 19.1 Å². The third-order valence-electron chi connectivity index (χ3n) is 5.74. The van der Waals surface area contributed by atoms with Crippen LogP contribution in [0.15, 0.2) is 23.8 Å². The normalized spacial score (nSPS) is 38.5. The van der Waals surface area contributed by atoms with E-state index in [9.17, 15) is 9.59 Å². The molecule has 4 heteroatoms. The molecular weight excluding hydrogens is 280 g/mol. The summed E-state index contributed by atoms with van der Waals surface area (Å²) >= 11 is 0. The van der Waals surface area contributed by atoms with Crippen molar-refractivity contribution in [3.05, 3.63) is 23.8 Å². The molecule has 0 heterocycles. The molecule has 0 radical (unpaired) electrons. The number of allylic oxidation sites excluding steroid dienone is 2. The van der Waals surface area contributed by atoms with Gasteiger partial charge in [-0.15, -0.1) is 0 Å². The lowest BCUT2D eigenvalue weighted by Gasteiger charge is -2.58. The number of methoxy groups -OCH3 is 1. The highest BCUT2D eigenvalue weighted by molar-refractivity contribution is 6.01. The highest BCUT2D eigenvalue weighted by Gasteiger charge is 2.63. The van der Waals surface area contributed by atoms with E-state index in [1.54, 1.807) is 6.08 Å². The SMILES string of the molecule is CCOC1C[C@@H]2CC3C(C)(C)C=CC(=O)[C@]13C=C2C(=O)OC. The van der Waals surface area contributed by atoms with E-state index in [4.69, 9.17) is 9.47 Å². The molecule has 0 aromatic heterocycles. The molecule has 2 unspecified atom stereocenters. The summed E-state index contributed by atoms with van der Waals surface area (Å²) in [6.07, 6.45) is 7.00. The Kier molecular flexibility index (Phi) is 3.55. The van der Waals surface area contributed by atoms with Crippen LogP contribution in [0.3, 0.4) is 0 Å². The van der Waals surface area contributed by atoms with Crippen LogP contribution in [0.4, 0.5) is 0 Å². The summed E-state index contributed by atoms with van der Waals surface area (Å²) in [4.78, 5) is 25.0. The largest absolute Gasteiger partial charge is 0.466 e. The fourth-order valence-electron chi connectivity index (χ4n) is 4.70. The Morgan fingerprint density at radius 3 is 2.73 bits per heavy atom. The number of hydrogen-bond acceptors (Lipinski definition) is 4. The molecule has 1 saturated carbocycles. The fraction of sp³-hybridized carbons (Fsp3) is 0.667. The second-order valence-electron chi connectivity index (χ2n) is 7.21. The summed E-state index contributed by atoms with van der Waals surface area (Å²) in [5, 5.41) is 0. The number of fused-ring (bicyclic) bond motifs is 1. The van der Waals surface area contributed by atoms with Crippen LogP contribution in [0, 0.1) is 22.7 Å². The maximum absolute atomic E-state index is 12.9. The van der Waals surface area contributed by atoms with Crippen LogP contribution < -0.4 is 0 Å². The zero-order valence-electron chi connectivity index (χ0n) is 13.7. The Bertz CT molecular complexity index is 572. The van der Waals surface area contributed by atoms with Crippen LogP contribution in [-0.2, 0) is 19.1 Å². The zero-order chi connectivity index (χ0) is 16.1. The lowest BCUT2D eigenvalue weighted by molar-refractivity contribution is -0.156. The van der Waals surface area contributed by atoms with Gasteiger partial charge in [-0.1, -0.05) is 26.0 Å². The van der Waals surface area contributed by atoms with Crippen molar-refractivity contribution in [2.24, 2.45) is 22.7 Å². The smallest absolute Gasteiger partial charge is 0.333 e. The van der Waals surface area contributed by atoms with Crippen LogP contribution in [-0.4, -0.2) is 31.6 Å². The number of esters is 1. The van der Waals surface area contributed by atoms with Crippen molar-refractivity contribution in [3.63, 3.8) is 0 Å². The molecule has 0 saturated heterocycles. The first-order valence-electron chi connectivity index (χ1n) is 8.03. The average molecular weight is 304 g/mol. The third kappa shape index (κ3) is 1.93. The van der Waals surface area contributed by atoms with Crippen molar-refractivity contribution in [2.45, 2.75) is 39.7 Å². The van der Waals surface area contributed by atoms with Gasteiger partial charge in [0.1, 0.15) is 0 Å². The van der Waals surface area contributed by atoms with E-state index in [0.29, 0.717) is 12.2 Å². The molecule has 22 heavy (non-hydrogen) atoms. The Labute approximate surface area is 131 Å². The fourth-order valence-corrected chi connectivity index (χ4v) is 4.70. The predicted molar refractivity (Wildman–Crippen MR) is 82.1 cm³/mol. The summed E-state index contributed by atoms with van der Waals surface area (Å²) in [5.74, 6) is 0.0448. The van der Waals surface area contributed by atoms with Gasteiger partial charge in [0.2, 0.25) is 0 Å². The van der Waals surface area contributed by atoms with E-state index < -0.39 is 5.41 Å². The topological polar surface area (TPSA) is 52.6 Å². The van der Waals surface area contributed by atoms with Gasteiger partial charge in [-0.3, -0.25) is 4.79 Å². The van der Waals surface area contributed by atoms with Gasteiger partial charge >= 0.3 is 5.97 Å². The monoisotopic (exact) mass is 304 g/mol. The standard InChI is InChI=1S/C18H24O4/c1-5-22-15-9-11-8-13-17(2,3)7-6-14(19)18(13,15)10-12(11)16(20)21-4/h6-7,10-11,13,15H,5,8-9H2,1-4H3/t11-,13?,15?,18+/m0/s1. The van der Waals surface area contributed by atoms with Gasteiger partial charge in [0.05, 0.1) is 18.6 Å². The molecule has 0 aliphatic heterocycles. The minimum absolute atomic E-state index is 0.0647. The quantitative estimate of drug-likeness (QED) is 0.752. The second kappa shape index (κ2) is 5.05. The highest BCUT2D eigenvalue weighted by atomic mass is 16.5. The molecule has 120 valence electrons. The van der Waals surface area contributed by atoms with E-state index in [1.807, 2.05) is 19.1 Å². The van der Waals surface area contributed by atoms with Crippen molar-refractivity contribution in [1.29, 1.82) is 0 Å². The van der Waals surface area contributed by atoms with Gasteiger partial charge in [-0.2, -0.15) is 0 Å². The van der Waals surface area contributed by atoms with E-state index in [1.165, 1.54) is 7.11 Å². The minimum Gasteiger partial charge on any atom is -0.466 e. The zero-order valence-corrected chi connectivity index (χ0v) is 13.7. The van der Waals surface area contributed by atoms with E-state index in [2.05, 4.69) is 13.8 Å². The predicted octanol–water partition coefficient (Wildman–Crippen LogP) is 2.68. The molecule has 2 bridgehead atoms. The summed E-state index contributed by atoms with van der Waals surface area (Å²) in [6.45, 7) is 6.85.